The van der Waals surface area contributed by atoms with Crippen LogP contribution in [0.5, 0.6) is 0 Å². The molecule has 0 unspecified atom stereocenters. The van der Waals surface area contributed by atoms with Gasteiger partial charge in [0.2, 0.25) is 0 Å². The highest BCUT2D eigenvalue weighted by molar-refractivity contribution is 5.73. The highest BCUT2D eigenvalue weighted by Crippen LogP contribution is 2.30. The van der Waals surface area contributed by atoms with Crippen molar-refractivity contribution in [2.24, 2.45) is 17.6 Å². The van der Waals surface area contributed by atoms with Crippen LogP contribution in [0.15, 0.2) is 0 Å². The van der Waals surface area contributed by atoms with Gasteiger partial charge in [-0.2, -0.15) is 0 Å². The van der Waals surface area contributed by atoms with Gasteiger partial charge in [-0.25, -0.2) is 0 Å². The van der Waals surface area contributed by atoms with Crippen molar-refractivity contribution in [3.63, 3.8) is 0 Å². The molecule has 1 fully saturated rings. The highest BCUT2D eigenvalue weighted by atomic mass is 16.4. The lowest BCUT2D eigenvalue weighted by Crippen LogP contribution is -2.40. The molecule has 0 aromatic carbocycles. The van der Waals surface area contributed by atoms with Crippen LogP contribution >= 0.6 is 0 Å². The van der Waals surface area contributed by atoms with E-state index in [2.05, 4.69) is 6.92 Å². The van der Waals surface area contributed by atoms with Crippen molar-refractivity contribution in [3.05, 3.63) is 0 Å². The van der Waals surface area contributed by atoms with E-state index in [1.54, 1.807) is 0 Å². The Balaban J connectivity index is 2.45. The SMILES string of the molecule is C[C@H]1CCC[C@H]([C@@H](N)C(=O)O)C1. The van der Waals surface area contributed by atoms with Gasteiger partial charge in [0.05, 0.1) is 0 Å². The minimum absolute atomic E-state index is 0.200. The molecule has 1 saturated carbocycles. The van der Waals surface area contributed by atoms with E-state index in [0.29, 0.717) is 5.92 Å². The summed E-state index contributed by atoms with van der Waals surface area (Å²) in [5, 5.41) is 8.70. The first-order valence-corrected chi connectivity index (χ1v) is 4.59. The second kappa shape index (κ2) is 3.90. The van der Waals surface area contributed by atoms with Gasteiger partial charge >= 0.3 is 5.97 Å². The molecule has 1 rings (SSSR count). The fourth-order valence-electron chi connectivity index (χ4n) is 2.01. The third-order valence-electron chi connectivity index (χ3n) is 2.77. The number of hydrogen-bond acceptors (Lipinski definition) is 2. The van der Waals surface area contributed by atoms with Gasteiger partial charge in [0, 0.05) is 0 Å². The van der Waals surface area contributed by atoms with E-state index in [1.807, 2.05) is 0 Å². The molecule has 0 aliphatic heterocycles. The predicted octanol–water partition coefficient (Wildman–Crippen LogP) is 1.22. The molecule has 0 bridgehead atoms. The van der Waals surface area contributed by atoms with E-state index in [9.17, 15) is 4.79 Å². The smallest absolute Gasteiger partial charge is 0.320 e. The molecule has 1 aliphatic rings. The molecule has 0 spiro atoms. The lowest BCUT2D eigenvalue weighted by atomic mass is 9.79. The summed E-state index contributed by atoms with van der Waals surface area (Å²) >= 11 is 0. The van der Waals surface area contributed by atoms with Crippen molar-refractivity contribution in [3.8, 4) is 0 Å². The fourth-order valence-corrected chi connectivity index (χ4v) is 2.01. The van der Waals surface area contributed by atoms with E-state index in [1.165, 1.54) is 6.42 Å². The average molecular weight is 171 g/mol. The van der Waals surface area contributed by atoms with Crippen LogP contribution in [0.3, 0.4) is 0 Å². The van der Waals surface area contributed by atoms with Gasteiger partial charge < -0.3 is 10.8 Å². The molecule has 1 aliphatic carbocycles. The Morgan fingerprint density at radius 1 is 1.58 bits per heavy atom. The lowest BCUT2D eigenvalue weighted by Gasteiger charge is -2.28. The molecule has 0 heterocycles. The number of carbonyl (C=O) groups is 1. The minimum Gasteiger partial charge on any atom is -0.480 e. The Bertz CT molecular complexity index is 170. The van der Waals surface area contributed by atoms with Crippen molar-refractivity contribution in [1.82, 2.24) is 0 Å². The van der Waals surface area contributed by atoms with Crippen LogP contribution in [-0.4, -0.2) is 17.1 Å². The fraction of sp³-hybridized carbons (Fsp3) is 0.889. The topological polar surface area (TPSA) is 63.3 Å². The number of carboxylic acid groups (broad SMARTS) is 1. The van der Waals surface area contributed by atoms with Gasteiger partial charge in [-0.1, -0.05) is 19.8 Å². The van der Waals surface area contributed by atoms with Crippen LogP contribution < -0.4 is 5.73 Å². The summed E-state index contributed by atoms with van der Waals surface area (Å²) in [4.78, 5) is 10.6. The zero-order valence-electron chi connectivity index (χ0n) is 7.49. The first-order valence-electron chi connectivity index (χ1n) is 4.59. The van der Waals surface area contributed by atoms with Gasteiger partial charge in [-0.3, -0.25) is 4.79 Å². The van der Waals surface area contributed by atoms with Gasteiger partial charge in [0.1, 0.15) is 6.04 Å². The summed E-state index contributed by atoms with van der Waals surface area (Å²) in [5.74, 6) is -0.00509. The molecule has 3 heteroatoms. The minimum atomic E-state index is -0.853. The average Bonchev–Trinajstić information content (AvgIpc) is 2.03. The second-order valence-electron chi connectivity index (χ2n) is 3.90. The van der Waals surface area contributed by atoms with Gasteiger partial charge in [0.15, 0.2) is 0 Å². The summed E-state index contributed by atoms with van der Waals surface area (Å²) in [5.41, 5.74) is 5.55. The molecule has 0 saturated heterocycles. The third kappa shape index (κ3) is 2.21. The molecular weight excluding hydrogens is 154 g/mol. The van der Waals surface area contributed by atoms with E-state index >= 15 is 0 Å². The first-order chi connectivity index (χ1) is 5.61. The summed E-state index contributed by atoms with van der Waals surface area (Å²) in [6, 6.07) is -0.646. The first kappa shape index (κ1) is 9.52. The maximum Gasteiger partial charge on any atom is 0.320 e. The number of aliphatic carboxylic acids is 1. The zero-order chi connectivity index (χ0) is 9.14. The monoisotopic (exact) mass is 171 g/mol. The summed E-state index contributed by atoms with van der Waals surface area (Å²) in [7, 11) is 0. The molecule has 0 aromatic rings. The second-order valence-corrected chi connectivity index (χ2v) is 3.90. The van der Waals surface area contributed by atoms with E-state index in [0.717, 1.165) is 19.3 Å². The molecule has 3 atom stereocenters. The van der Waals surface area contributed by atoms with Gasteiger partial charge in [-0.15, -0.1) is 0 Å². The largest absolute Gasteiger partial charge is 0.480 e. The number of hydrogen-bond donors (Lipinski definition) is 2. The molecule has 3 nitrogen and oxygen atoms in total. The highest BCUT2D eigenvalue weighted by Gasteiger charge is 2.28. The van der Waals surface area contributed by atoms with Crippen molar-refractivity contribution in [2.75, 3.05) is 0 Å². The quantitative estimate of drug-likeness (QED) is 0.656. The van der Waals surface area contributed by atoms with Crippen LogP contribution in [0, 0.1) is 11.8 Å². The van der Waals surface area contributed by atoms with E-state index in [-0.39, 0.29) is 5.92 Å². The lowest BCUT2D eigenvalue weighted by molar-refractivity contribution is -0.140. The van der Waals surface area contributed by atoms with Crippen LogP contribution in [0.25, 0.3) is 0 Å². The summed E-state index contributed by atoms with van der Waals surface area (Å²) in [6.45, 7) is 2.17. The number of nitrogens with two attached hydrogens (primary N) is 1. The Morgan fingerprint density at radius 3 is 2.75 bits per heavy atom. The van der Waals surface area contributed by atoms with Crippen LogP contribution in [0.4, 0.5) is 0 Å². The zero-order valence-corrected chi connectivity index (χ0v) is 7.49. The maximum absolute atomic E-state index is 10.6. The third-order valence-corrected chi connectivity index (χ3v) is 2.77. The van der Waals surface area contributed by atoms with Crippen molar-refractivity contribution >= 4 is 5.97 Å². The number of rotatable bonds is 2. The normalized spacial score (nSPS) is 32.8. The van der Waals surface area contributed by atoms with Crippen LogP contribution in [-0.2, 0) is 4.79 Å². The summed E-state index contributed by atoms with van der Waals surface area (Å²) in [6.07, 6.45) is 4.32. The molecule has 70 valence electrons. The van der Waals surface area contributed by atoms with Gasteiger partial charge in [-0.05, 0) is 24.7 Å². The van der Waals surface area contributed by atoms with Crippen molar-refractivity contribution in [2.45, 2.75) is 38.6 Å². The Kier molecular flexibility index (Phi) is 3.09. The van der Waals surface area contributed by atoms with Crippen molar-refractivity contribution < 1.29 is 9.90 Å². The Labute approximate surface area is 72.9 Å². The molecular formula is C9H17NO2. The standard InChI is InChI=1S/C9H17NO2/c1-6-3-2-4-7(5-6)8(10)9(11)12/h6-8H,2-5,10H2,1H3,(H,11,12)/t6-,7-,8+/m0/s1. The summed E-state index contributed by atoms with van der Waals surface area (Å²) < 4.78 is 0. The molecule has 12 heavy (non-hydrogen) atoms. The molecule has 3 N–H and O–H groups in total. The van der Waals surface area contributed by atoms with Gasteiger partial charge in [0.25, 0.3) is 0 Å². The van der Waals surface area contributed by atoms with Crippen LogP contribution in [0.1, 0.15) is 32.6 Å². The Hall–Kier alpha value is -0.570. The molecule has 0 aromatic heterocycles. The van der Waals surface area contributed by atoms with Crippen LogP contribution in [0.2, 0.25) is 0 Å². The molecule has 0 amide bonds. The van der Waals surface area contributed by atoms with E-state index < -0.39 is 12.0 Å². The van der Waals surface area contributed by atoms with Crippen molar-refractivity contribution in [1.29, 1.82) is 0 Å². The maximum atomic E-state index is 10.6. The molecule has 0 radical (unpaired) electrons. The predicted molar refractivity (Wildman–Crippen MR) is 46.7 cm³/mol. The number of carboxylic acids is 1. The Morgan fingerprint density at radius 2 is 2.25 bits per heavy atom. The van der Waals surface area contributed by atoms with E-state index in [4.69, 9.17) is 10.8 Å².